The summed E-state index contributed by atoms with van der Waals surface area (Å²) in [5.74, 6) is 0. The van der Waals surface area contributed by atoms with Gasteiger partial charge in [-0.15, -0.1) is 12.4 Å². The zero-order valence-corrected chi connectivity index (χ0v) is 19.3. The maximum Gasteiger partial charge on any atom is 0.0646 e. The summed E-state index contributed by atoms with van der Waals surface area (Å²) in [7, 11) is 0. The molecule has 0 unspecified atom stereocenters. The van der Waals surface area contributed by atoms with Crippen molar-refractivity contribution < 1.29 is 0 Å². The summed E-state index contributed by atoms with van der Waals surface area (Å²) in [4.78, 5) is 2.71. The lowest BCUT2D eigenvalue weighted by Crippen LogP contribution is -2.40. The summed E-state index contributed by atoms with van der Waals surface area (Å²) >= 11 is 12.8. The van der Waals surface area contributed by atoms with Gasteiger partial charge >= 0.3 is 0 Å². The molecular weight excluding hydrogens is 435 g/mol. The van der Waals surface area contributed by atoms with Crippen LogP contribution in [0.25, 0.3) is 16.9 Å². The van der Waals surface area contributed by atoms with Crippen LogP contribution in [0, 0.1) is 0 Å². The second-order valence-corrected chi connectivity index (χ2v) is 9.15. The molecule has 0 amide bonds. The van der Waals surface area contributed by atoms with Gasteiger partial charge in [0.05, 0.1) is 16.4 Å². The van der Waals surface area contributed by atoms with Crippen molar-refractivity contribution in [1.29, 1.82) is 0 Å². The van der Waals surface area contributed by atoms with Gasteiger partial charge in [-0.3, -0.25) is 4.90 Å². The van der Waals surface area contributed by atoms with E-state index in [1.807, 2.05) is 24.3 Å². The van der Waals surface area contributed by atoms with Gasteiger partial charge in [0.1, 0.15) is 0 Å². The Morgan fingerprint density at radius 2 is 1.60 bits per heavy atom. The van der Waals surface area contributed by atoms with Crippen molar-refractivity contribution in [2.24, 2.45) is 0 Å². The third-order valence-corrected chi connectivity index (χ3v) is 7.10. The molecule has 1 saturated carbocycles. The van der Waals surface area contributed by atoms with Gasteiger partial charge in [-0.2, -0.15) is 0 Å². The van der Waals surface area contributed by atoms with Crippen LogP contribution < -0.4 is 0 Å². The number of aromatic nitrogens is 1. The molecule has 0 spiro atoms. The third-order valence-electron chi connectivity index (χ3n) is 6.53. The first-order chi connectivity index (χ1) is 14.2. The van der Waals surface area contributed by atoms with E-state index in [0.717, 1.165) is 41.3 Å². The number of hydrogen-bond donors (Lipinski definition) is 0. The minimum atomic E-state index is 0. The Labute approximate surface area is 195 Å². The van der Waals surface area contributed by atoms with Crippen molar-refractivity contribution in [3.8, 4) is 16.9 Å². The zero-order chi connectivity index (χ0) is 19.8. The van der Waals surface area contributed by atoms with Crippen molar-refractivity contribution in [2.75, 3.05) is 6.54 Å². The second kappa shape index (κ2) is 9.36. The molecule has 3 aromatic rings. The van der Waals surface area contributed by atoms with Crippen molar-refractivity contribution in [3.63, 3.8) is 0 Å². The summed E-state index contributed by atoms with van der Waals surface area (Å²) in [5.41, 5.74) is 6.27. The predicted molar refractivity (Wildman–Crippen MR) is 129 cm³/mol. The van der Waals surface area contributed by atoms with E-state index in [9.17, 15) is 0 Å². The normalized spacial score (nSPS) is 17.4. The van der Waals surface area contributed by atoms with E-state index in [0.29, 0.717) is 0 Å². The topological polar surface area (TPSA) is 8.17 Å². The first kappa shape index (κ1) is 21.8. The van der Waals surface area contributed by atoms with Gasteiger partial charge in [0, 0.05) is 36.3 Å². The van der Waals surface area contributed by atoms with Crippen LogP contribution in [0.2, 0.25) is 10.0 Å². The Kier molecular flexibility index (Phi) is 6.79. The van der Waals surface area contributed by atoms with Crippen LogP contribution >= 0.6 is 35.6 Å². The number of nitrogens with zero attached hydrogens (tertiary/aromatic N) is 2. The van der Waals surface area contributed by atoms with Gasteiger partial charge in [-0.1, -0.05) is 66.7 Å². The zero-order valence-electron chi connectivity index (χ0n) is 17.0. The Hall–Kier alpha value is -1.45. The molecule has 5 heteroatoms. The van der Waals surface area contributed by atoms with Crippen LogP contribution in [0.4, 0.5) is 0 Å². The molecule has 2 heterocycles. The highest BCUT2D eigenvalue weighted by Crippen LogP contribution is 2.37. The number of para-hydroxylation sites is 1. The molecular formula is C25H27Cl3N2. The Morgan fingerprint density at radius 1 is 0.867 bits per heavy atom. The van der Waals surface area contributed by atoms with E-state index in [1.54, 1.807) is 0 Å². The summed E-state index contributed by atoms with van der Waals surface area (Å²) in [6.07, 6.45) is 7.92. The highest BCUT2D eigenvalue weighted by atomic mass is 35.5. The summed E-state index contributed by atoms with van der Waals surface area (Å²) < 4.78 is 2.37. The molecule has 0 bridgehead atoms. The first-order valence-corrected chi connectivity index (χ1v) is 11.4. The van der Waals surface area contributed by atoms with Gasteiger partial charge in [0.15, 0.2) is 0 Å². The second-order valence-electron chi connectivity index (χ2n) is 8.31. The van der Waals surface area contributed by atoms with E-state index >= 15 is 0 Å². The number of halogens is 3. The van der Waals surface area contributed by atoms with Crippen LogP contribution in [0.5, 0.6) is 0 Å². The van der Waals surface area contributed by atoms with Crippen molar-refractivity contribution in [1.82, 2.24) is 9.47 Å². The molecule has 0 radical (unpaired) electrons. The molecule has 5 rings (SSSR count). The van der Waals surface area contributed by atoms with Crippen molar-refractivity contribution >= 4 is 35.6 Å². The van der Waals surface area contributed by atoms with E-state index in [-0.39, 0.29) is 12.4 Å². The van der Waals surface area contributed by atoms with Gasteiger partial charge in [-0.25, -0.2) is 0 Å². The van der Waals surface area contributed by atoms with Crippen LogP contribution in [0.1, 0.15) is 43.4 Å². The average molecular weight is 462 g/mol. The van der Waals surface area contributed by atoms with Crippen molar-refractivity contribution in [3.05, 3.63) is 75.9 Å². The minimum absolute atomic E-state index is 0. The molecule has 1 aromatic heterocycles. The number of rotatable bonds is 3. The molecule has 1 aliphatic heterocycles. The summed E-state index contributed by atoms with van der Waals surface area (Å²) in [6.45, 7) is 2.17. The third kappa shape index (κ3) is 4.16. The minimum Gasteiger partial charge on any atom is -0.312 e. The number of benzene rings is 2. The SMILES string of the molecule is Cl.Clc1ccc(-c2cc3c(n2-c2ccccc2Cl)CCN(C2CCCCC2)C3)cc1. The molecule has 2 aromatic carbocycles. The molecule has 0 saturated heterocycles. The monoisotopic (exact) mass is 460 g/mol. The molecule has 158 valence electrons. The average Bonchev–Trinajstić information content (AvgIpc) is 3.14. The van der Waals surface area contributed by atoms with Crippen LogP contribution in [-0.2, 0) is 13.0 Å². The highest BCUT2D eigenvalue weighted by Gasteiger charge is 2.29. The predicted octanol–water partition coefficient (Wildman–Crippen LogP) is 7.56. The molecule has 2 aliphatic rings. The van der Waals surface area contributed by atoms with E-state index in [2.05, 4.69) is 39.8 Å². The maximum absolute atomic E-state index is 6.64. The lowest BCUT2D eigenvalue weighted by Gasteiger charge is -2.37. The molecule has 30 heavy (non-hydrogen) atoms. The van der Waals surface area contributed by atoms with E-state index in [1.165, 1.54) is 54.6 Å². The fraction of sp³-hybridized carbons (Fsp3) is 0.360. The fourth-order valence-corrected chi connectivity index (χ4v) is 5.40. The fourth-order valence-electron chi connectivity index (χ4n) is 5.06. The smallest absolute Gasteiger partial charge is 0.0646 e. The lowest BCUT2D eigenvalue weighted by molar-refractivity contribution is 0.140. The van der Waals surface area contributed by atoms with Gasteiger partial charge in [-0.05, 0) is 54.3 Å². The molecule has 1 aliphatic carbocycles. The quantitative estimate of drug-likeness (QED) is 0.390. The van der Waals surface area contributed by atoms with Crippen LogP contribution in [-0.4, -0.2) is 22.1 Å². The Morgan fingerprint density at radius 3 is 2.33 bits per heavy atom. The summed E-state index contributed by atoms with van der Waals surface area (Å²) in [6, 6.07) is 19.4. The number of hydrogen-bond acceptors (Lipinski definition) is 1. The van der Waals surface area contributed by atoms with Crippen LogP contribution in [0.3, 0.4) is 0 Å². The molecule has 0 N–H and O–H groups in total. The highest BCUT2D eigenvalue weighted by molar-refractivity contribution is 6.32. The largest absolute Gasteiger partial charge is 0.312 e. The maximum atomic E-state index is 6.64. The molecule has 0 atom stereocenters. The Balaban J connectivity index is 0.00000218. The number of fused-ring (bicyclic) bond motifs is 1. The van der Waals surface area contributed by atoms with Gasteiger partial charge in [0.25, 0.3) is 0 Å². The van der Waals surface area contributed by atoms with E-state index in [4.69, 9.17) is 23.2 Å². The molecule has 1 fully saturated rings. The summed E-state index contributed by atoms with van der Waals surface area (Å²) in [5, 5.41) is 1.55. The lowest BCUT2D eigenvalue weighted by atomic mass is 9.92. The van der Waals surface area contributed by atoms with Gasteiger partial charge < -0.3 is 4.57 Å². The first-order valence-electron chi connectivity index (χ1n) is 10.7. The van der Waals surface area contributed by atoms with E-state index < -0.39 is 0 Å². The Bertz CT molecular complexity index is 1000. The van der Waals surface area contributed by atoms with Crippen LogP contribution in [0.15, 0.2) is 54.6 Å². The van der Waals surface area contributed by atoms with Gasteiger partial charge in [0.2, 0.25) is 0 Å². The van der Waals surface area contributed by atoms with Crippen molar-refractivity contribution in [2.45, 2.75) is 51.1 Å². The standard InChI is InChI=1S/C25H26Cl2N2.ClH/c26-20-12-10-18(11-13-20)25-16-19-17-28(21-6-2-1-3-7-21)15-14-23(19)29(25)24-9-5-4-8-22(24)27;/h4-5,8-13,16,21H,1-3,6-7,14-15,17H2;1H. The molecule has 2 nitrogen and oxygen atoms in total.